The van der Waals surface area contributed by atoms with Crippen LogP contribution in [0.4, 0.5) is 36.6 Å². The summed E-state index contributed by atoms with van der Waals surface area (Å²) in [4.78, 5) is 17.9. The van der Waals surface area contributed by atoms with Gasteiger partial charge in [0.15, 0.2) is 5.82 Å². The van der Waals surface area contributed by atoms with Crippen LogP contribution in [-0.4, -0.2) is 95.8 Å². The number of fused-ring (bicyclic) bond motifs is 4. The number of benzene rings is 2. The molecular weight excluding hydrogens is 709 g/mol. The first-order valence-corrected chi connectivity index (χ1v) is 17.9. The molecule has 2 N–H and O–H groups in total. The zero-order valence-electron chi connectivity index (χ0n) is 29.0. The highest BCUT2D eigenvalue weighted by Gasteiger charge is 2.47. The number of aromatic hydroxyl groups is 1. The van der Waals surface area contributed by atoms with Gasteiger partial charge in [0.05, 0.1) is 26.1 Å². The van der Waals surface area contributed by atoms with Gasteiger partial charge in [0.1, 0.15) is 28.2 Å². The number of hydrogen-bond acceptors (Lipinski definition) is 9. The van der Waals surface area contributed by atoms with Crippen molar-refractivity contribution in [3.05, 3.63) is 41.7 Å². The lowest BCUT2D eigenvalue weighted by Crippen LogP contribution is -2.51. The van der Waals surface area contributed by atoms with Gasteiger partial charge in [0, 0.05) is 42.7 Å². The van der Waals surface area contributed by atoms with Gasteiger partial charge in [-0.2, -0.15) is 36.3 Å². The Hall–Kier alpha value is -4.18. The normalized spacial score (nSPS) is 22.2. The largest absolute Gasteiger partial charge is 0.508 e. The van der Waals surface area contributed by atoms with E-state index in [1.165, 1.54) is 37.4 Å². The van der Waals surface area contributed by atoms with Crippen molar-refractivity contribution in [1.29, 1.82) is 0 Å². The van der Waals surface area contributed by atoms with E-state index < -0.39 is 30.5 Å². The van der Waals surface area contributed by atoms with Crippen LogP contribution < -0.4 is 19.7 Å². The highest BCUT2D eigenvalue weighted by atomic mass is 19.4. The summed E-state index contributed by atoms with van der Waals surface area (Å²) in [6, 6.07) is 7.01. The Morgan fingerprint density at radius 2 is 1.66 bits per heavy atom. The van der Waals surface area contributed by atoms with Crippen LogP contribution in [0.15, 0.2) is 30.3 Å². The van der Waals surface area contributed by atoms with E-state index >= 15 is 4.39 Å². The van der Waals surface area contributed by atoms with E-state index in [0.29, 0.717) is 38.5 Å². The number of aromatic nitrogens is 3. The van der Waals surface area contributed by atoms with E-state index in [1.54, 1.807) is 0 Å². The number of piperidine rings is 1. The van der Waals surface area contributed by atoms with E-state index in [1.807, 2.05) is 9.80 Å². The van der Waals surface area contributed by atoms with Gasteiger partial charge < -0.3 is 29.7 Å². The predicted octanol–water partition coefficient (Wildman–Crippen LogP) is 7.18. The number of anilines is 1. The molecule has 0 amide bonds. The van der Waals surface area contributed by atoms with E-state index in [4.69, 9.17) is 14.5 Å². The summed E-state index contributed by atoms with van der Waals surface area (Å²) < 4.78 is 110. The molecule has 2 aromatic carbocycles. The maximum absolute atomic E-state index is 17.1. The number of halogens is 7. The molecular formula is C37H39F7N6O3. The van der Waals surface area contributed by atoms with Crippen LogP contribution in [-0.2, 0) is 6.42 Å². The minimum Gasteiger partial charge on any atom is -0.508 e. The molecule has 2 unspecified atom stereocenters. The molecule has 4 aliphatic rings. The average Bonchev–Trinajstić information content (AvgIpc) is 3.79. The van der Waals surface area contributed by atoms with E-state index in [2.05, 4.69) is 15.3 Å². The summed E-state index contributed by atoms with van der Waals surface area (Å²) in [5.74, 6) is -2.24. The SMILES string of the molecule is COc1nc(-c2cc(O)cc3cccc(CC(F)(F)F)c23)c(F)c2nc(OCC3(CN4CCC(C(F)(F)F)CC4)CC3)nc(N3CC4CCC(C3)N4)c12. The van der Waals surface area contributed by atoms with Gasteiger partial charge in [0.2, 0.25) is 5.88 Å². The number of pyridine rings is 1. The zero-order valence-corrected chi connectivity index (χ0v) is 29.0. The molecule has 53 heavy (non-hydrogen) atoms. The lowest BCUT2D eigenvalue weighted by molar-refractivity contribution is -0.185. The van der Waals surface area contributed by atoms with Crippen molar-refractivity contribution in [1.82, 2.24) is 25.2 Å². The van der Waals surface area contributed by atoms with Gasteiger partial charge in [-0.25, -0.2) is 9.37 Å². The van der Waals surface area contributed by atoms with Crippen molar-refractivity contribution >= 4 is 27.5 Å². The van der Waals surface area contributed by atoms with Crippen LogP contribution in [0, 0.1) is 17.2 Å². The second kappa shape index (κ2) is 13.3. The van der Waals surface area contributed by atoms with Crippen molar-refractivity contribution in [2.75, 3.05) is 51.3 Å². The molecule has 0 spiro atoms. The number of ether oxygens (including phenoxy) is 2. The molecule has 1 aliphatic carbocycles. The molecule has 4 aromatic rings. The Bertz CT molecular complexity index is 2020. The quantitative estimate of drug-likeness (QED) is 0.173. The first-order chi connectivity index (χ1) is 25.2. The van der Waals surface area contributed by atoms with Crippen LogP contribution in [0.25, 0.3) is 32.9 Å². The Labute approximate surface area is 300 Å². The molecule has 16 heteroatoms. The Morgan fingerprint density at radius 1 is 0.943 bits per heavy atom. The molecule has 2 atom stereocenters. The monoisotopic (exact) mass is 748 g/mol. The van der Waals surface area contributed by atoms with Crippen LogP contribution in [0.3, 0.4) is 0 Å². The van der Waals surface area contributed by atoms with Gasteiger partial charge in [0.25, 0.3) is 0 Å². The molecule has 3 saturated heterocycles. The van der Waals surface area contributed by atoms with Gasteiger partial charge in [-0.05, 0) is 80.1 Å². The molecule has 284 valence electrons. The van der Waals surface area contributed by atoms with Crippen LogP contribution >= 0.6 is 0 Å². The summed E-state index contributed by atoms with van der Waals surface area (Å²) in [6.45, 7) is 2.51. The fraction of sp³-hybridized carbons (Fsp3) is 0.541. The average molecular weight is 749 g/mol. The van der Waals surface area contributed by atoms with Crippen LogP contribution in [0.2, 0.25) is 0 Å². The second-order valence-electron chi connectivity index (χ2n) is 15.1. The van der Waals surface area contributed by atoms with Crippen LogP contribution in [0.5, 0.6) is 17.6 Å². The summed E-state index contributed by atoms with van der Waals surface area (Å²) >= 11 is 0. The standard InChI is InChI=1S/C37H39F7N6O3/c1-52-33-28-31(29(38)30(46-33)26-14-25(51)13-20-3-2-4-21(27(20)26)15-36(39,40)41)47-34(48-32(28)50-16-23-5-6-24(17-50)45-23)53-19-35(9-10-35)18-49-11-7-22(8-12-49)37(42,43)44/h2-4,13-14,22-24,45,51H,5-12,15-19H2,1H3. The van der Waals surface area contributed by atoms with E-state index in [9.17, 15) is 31.4 Å². The number of phenolic OH excluding ortho intramolecular Hbond substituents is 1. The van der Waals surface area contributed by atoms with Gasteiger partial charge >= 0.3 is 18.4 Å². The lowest BCUT2D eigenvalue weighted by Gasteiger charge is -2.35. The number of likely N-dealkylation sites (tertiary alicyclic amines) is 1. The van der Waals surface area contributed by atoms with Crippen molar-refractivity contribution in [3.63, 3.8) is 0 Å². The Morgan fingerprint density at radius 3 is 2.30 bits per heavy atom. The van der Waals surface area contributed by atoms with Crippen molar-refractivity contribution in [2.24, 2.45) is 11.3 Å². The maximum Gasteiger partial charge on any atom is 0.393 e. The predicted molar refractivity (Wildman–Crippen MR) is 183 cm³/mol. The summed E-state index contributed by atoms with van der Waals surface area (Å²) in [6.07, 6.45) is -6.44. The molecule has 4 fully saturated rings. The summed E-state index contributed by atoms with van der Waals surface area (Å²) in [7, 11) is 1.35. The van der Waals surface area contributed by atoms with E-state index in [-0.39, 0.29) is 93.1 Å². The summed E-state index contributed by atoms with van der Waals surface area (Å²) in [5, 5.41) is 14.7. The summed E-state index contributed by atoms with van der Waals surface area (Å²) in [5.41, 5.74) is -1.06. The number of piperazine rings is 1. The number of rotatable bonds is 9. The first kappa shape index (κ1) is 35.8. The highest BCUT2D eigenvalue weighted by molar-refractivity contribution is 6.03. The fourth-order valence-corrected chi connectivity index (χ4v) is 8.37. The van der Waals surface area contributed by atoms with Crippen molar-refractivity contribution in [3.8, 4) is 28.9 Å². The second-order valence-corrected chi connectivity index (χ2v) is 15.1. The number of hydrogen-bond donors (Lipinski definition) is 2. The van der Waals surface area contributed by atoms with Gasteiger partial charge in [-0.1, -0.05) is 18.2 Å². The van der Waals surface area contributed by atoms with Crippen LogP contribution in [0.1, 0.15) is 44.1 Å². The maximum atomic E-state index is 17.1. The first-order valence-electron chi connectivity index (χ1n) is 17.9. The number of alkyl halides is 6. The molecule has 2 bridgehead atoms. The van der Waals surface area contributed by atoms with Crippen molar-refractivity contribution in [2.45, 2.75) is 69.4 Å². The Balaban J connectivity index is 1.19. The third kappa shape index (κ3) is 7.23. The minimum atomic E-state index is -4.56. The van der Waals surface area contributed by atoms with Gasteiger partial charge in [-0.15, -0.1) is 0 Å². The van der Waals surface area contributed by atoms with Gasteiger partial charge in [-0.3, -0.25) is 0 Å². The smallest absolute Gasteiger partial charge is 0.393 e. The zero-order chi connectivity index (χ0) is 37.3. The molecule has 8 rings (SSSR count). The molecule has 1 saturated carbocycles. The third-order valence-electron chi connectivity index (χ3n) is 11.2. The number of phenols is 1. The third-order valence-corrected chi connectivity index (χ3v) is 11.2. The highest BCUT2D eigenvalue weighted by Crippen LogP contribution is 2.48. The topological polar surface area (TPSA) is 95.9 Å². The molecule has 2 aromatic heterocycles. The molecule has 3 aliphatic heterocycles. The molecule has 5 heterocycles. The molecule has 9 nitrogen and oxygen atoms in total. The fourth-order valence-electron chi connectivity index (χ4n) is 8.37. The van der Waals surface area contributed by atoms with Crippen molar-refractivity contribution < 1.29 is 45.3 Å². The lowest BCUT2D eigenvalue weighted by atomic mass is 9.94. The Kier molecular flexibility index (Phi) is 8.98. The molecule has 0 radical (unpaired) electrons. The van der Waals surface area contributed by atoms with E-state index in [0.717, 1.165) is 25.7 Å². The minimum absolute atomic E-state index is 0.0467. The number of methoxy groups -OCH3 is 1. The number of nitrogens with zero attached hydrogens (tertiary/aromatic N) is 5. The number of nitrogens with one attached hydrogen (secondary N) is 1.